The van der Waals surface area contributed by atoms with E-state index in [0.29, 0.717) is 25.1 Å². The predicted octanol–water partition coefficient (Wildman–Crippen LogP) is 3.23. The maximum atomic E-state index is 13.0. The maximum Gasteiger partial charge on any atom is 0.251 e. The number of carbonyl (C=O) groups excluding carboxylic acids is 1. The summed E-state index contributed by atoms with van der Waals surface area (Å²) in [6, 6.07) is 13.9. The minimum Gasteiger partial charge on any atom is -0.496 e. The van der Waals surface area contributed by atoms with E-state index in [0.717, 1.165) is 30.6 Å². The first-order chi connectivity index (χ1) is 13.9. The molecule has 2 aromatic carbocycles. The molecule has 1 fully saturated rings. The number of rotatable bonds is 7. The SMILES string of the molecule is COc1ccccc1CCNC(=O)c1cccc(S(=O)(=O)N2CCCCC2C)c1. The molecule has 1 amide bonds. The fraction of sp³-hybridized carbons (Fsp3) is 0.409. The fourth-order valence-electron chi connectivity index (χ4n) is 3.68. The molecule has 0 aromatic heterocycles. The molecule has 0 aliphatic carbocycles. The van der Waals surface area contributed by atoms with Crippen molar-refractivity contribution in [3.8, 4) is 5.75 Å². The summed E-state index contributed by atoms with van der Waals surface area (Å²) >= 11 is 0. The molecular formula is C22H28N2O4S. The molecule has 0 radical (unpaired) electrons. The van der Waals surface area contributed by atoms with Crippen LogP contribution in [0.4, 0.5) is 0 Å². The number of hydrogen-bond acceptors (Lipinski definition) is 4. The minimum atomic E-state index is -3.60. The van der Waals surface area contributed by atoms with Crippen LogP contribution in [0.15, 0.2) is 53.4 Å². The molecule has 3 rings (SSSR count). The monoisotopic (exact) mass is 416 g/mol. The van der Waals surface area contributed by atoms with E-state index in [1.807, 2.05) is 31.2 Å². The Bertz CT molecular complexity index is 959. The van der Waals surface area contributed by atoms with Gasteiger partial charge < -0.3 is 10.1 Å². The average molecular weight is 417 g/mol. The zero-order valence-electron chi connectivity index (χ0n) is 16.9. The lowest BCUT2D eigenvalue weighted by Gasteiger charge is -2.32. The summed E-state index contributed by atoms with van der Waals surface area (Å²) in [6.07, 6.45) is 3.40. The number of hydrogen-bond donors (Lipinski definition) is 1. The minimum absolute atomic E-state index is 0.0212. The van der Waals surface area contributed by atoms with Gasteiger partial charge in [-0.05, 0) is 56.0 Å². The predicted molar refractivity (Wildman–Crippen MR) is 113 cm³/mol. The number of amides is 1. The Kier molecular flexibility index (Phi) is 6.92. The van der Waals surface area contributed by atoms with E-state index in [2.05, 4.69) is 5.32 Å². The highest BCUT2D eigenvalue weighted by Gasteiger charge is 2.31. The Labute approximate surface area is 172 Å². The largest absolute Gasteiger partial charge is 0.496 e. The standard InChI is InChI=1S/C22H28N2O4S/c1-17-8-5-6-15-24(17)29(26,27)20-11-7-10-19(16-20)22(25)23-14-13-18-9-3-4-12-21(18)28-2/h3-4,7,9-12,16-17H,5-6,8,13-15H2,1-2H3,(H,23,25). The average Bonchev–Trinajstić information content (AvgIpc) is 2.74. The van der Waals surface area contributed by atoms with Gasteiger partial charge in [0.15, 0.2) is 0 Å². The van der Waals surface area contributed by atoms with Crippen LogP contribution in [0.25, 0.3) is 0 Å². The third-order valence-corrected chi connectivity index (χ3v) is 7.33. The molecule has 0 bridgehead atoms. The van der Waals surface area contributed by atoms with Crippen molar-refractivity contribution < 1.29 is 17.9 Å². The molecule has 0 saturated carbocycles. The fourth-order valence-corrected chi connectivity index (χ4v) is 5.43. The van der Waals surface area contributed by atoms with E-state index < -0.39 is 10.0 Å². The van der Waals surface area contributed by atoms with Gasteiger partial charge in [-0.3, -0.25) is 4.79 Å². The number of para-hydroxylation sites is 1. The second kappa shape index (κ2) is 9.41. The third kappa shape index (κ3) is 4.97. The van der Waals surface area contributed by atoms with Crippen LogP contribution >= 0.6 is 0 Å². The zero-order chi connectivity index (χ0) is 20.9. The first-order valence-electron chi connectivity index (χ1n) is 9.95. The summed E-state index contributed by atoms with van der Waals surface area (Å²) in [5.41, 5.74) is 1.35. The highest BCUT2D eigenvalue weighted by molar-refractivity contribution is 7.89. The summed E-state index contributed by atoms with van der Waals surface area (Å²) in [7, 11) is -1.99. The van der Waals surface area contributed by atoms with Crippen LogP contribution in [0.2, 0.25) is 0 Å². The highest BCUT2D eigenvalue weighted by atomic mass is 32.2. The first-order valence-corrected chi connectivity index (χ1v) is 11.4. The molecule has 1 atom stereocenters. The van der Waals surface area contributed by atoms with E-state index in [-0.39, 0.29) is 16.8 Å². The second-order valence-corrected chi connectivity index (χ2v) is 9.20. The smallest absolute Gasteiger partial charge is 0.251 e. The lowest BCUT2D eigenvalue weighted by atomic mass is 10.1. The van der Waals surface area contributed by atoms with Gasteiger partial charge in [-0.15, -0.1) is 0 Å². The van der Waals surface area contributed by atoms with Crippen molar-refractivity contribution in [1.82, 2.24) is 9.62 Å². The number of ether oxygens (including phenoxy) is 1. The van der Waals surface area contributed by atoms with Crippen LogP contribution in [0, 0.1) is 0 Å². The van der Waals surface area contributed by atoms with Gasteiger partial charge >= 0.3 is 0 Å². The van der Waals surface area contributed by atoms with E-state index >= 15 is 0 Å². The van der Waals surface area contributed by atoms with Crippen molar-refractivity contribution in [2.75, 3.05) is 20.2 Å². The van der Waals surface area contributed by atoms with Crippen LogP contribution in [-0.2, 0) is 16.4 Å². The molecule has 1 aliphatic rings. The Balaban J connectivity index is 1.68. The van der Waals surface area contributed by atoms with Gasteiger partial charge in [0.25, 0.3) is 5.91 Å². The quantitative estimate of drug-likeness (QED) is 0.752. The summed E-state index contributed by atoms with van der Waals surface area (Å²) in [4.78, 5) is 12.7. The van der Waals surface area contributed by atoms with Crippen molar-refractivity contribution in [2.45, 2.75) is 43.5 Å². The summed E-state index contributed by atoms with van der Waals surface area (Å²) < 4.78 is 32.9. The van der Waals surface area contributed by atoms with Crippen molar-refractivity contribution in [3.05, 3.63) is 59.7 Å². The van der Waals surface area contributed by atoms with Crippen LogP contribution in [0.1, 0.15) is 42.1 Å². The van der Waals surface area contributed by atoms with Crippen molar-refractivity contribution >= 4 is 15.9 Å². The van der Waals surface area contributed by atoms with Gasteiger partial charge in [-0.2, -0.15) is 4.31 Å². The maximum absolute atomic E-state index is 13.0. The number of piperidine rings is 1. The Hall–Kier alpha value is -2.38. The van der Waals surface area contributed by atoms with E-state index in [1.54, 1.807) is 29.6 Å². The summed E-state index contributed by atoms with van der Waals surface area (Å²) in [6.45, 7) is 2.89. The van der Waals surface area contributed by atoms with E-state index in [1.165, 1.54) is 6.07 Å². The topological polar surface area (TPSA) is 75.7 Å². The molecule has 2 aromatic rings. The summed E-state index contributed by atoms with van der Waals surface area (Å²) in [5, 5.41) is 2.86. The van der Waals surface area contributed by atoms with Crippen molar-refractivity contribution in [2.24, 2.45) is 0 Å². The van der Waals surface area contributed by atoms with Gasteiger partial charge in [0, 0.05) is 24.7 Å². The molecule has 6 nitrogen and oxygen atoms in total. The van der Waals surface area contributed by atoms with E-state index in [4.69, 9.17) is 4.74 Å². The first kappa shape index (κ1) is 21.3. The number of carbonyl (C=O) groups is 1. The van der Waals surface area contributed by atoms with Crippen molar-refractivity contribution in [3.63, 3.8) is 0 Å². The van der Waals surface area contributed by atoms with Crippen LogP contribution in [-0.4, -0.2) is 44.9 Å². The molecule has 1 unspecified atom stereocenters. The zero-order valence-corrected chi connectivity index (χ0v) is 17.7. The molecule has 7 heteroatoms. The number of nitrogens with one attached hydrogen (secondary N) is 1. The van der Waals surface area contributed by atoms with Gasteiger partial charge in [0.05, 0.1) is 12.0 Å². The van der Waals surface area contributed by atoms with Gasteiger partial charge in [-0.25, -0.2) is 8.42 Å². The molecule has 1 saturated heterocycles. The normalized spacial score (nSPS) is 17.7. The molecule has 156 valence electrons. The molecular weight excluding hydrogens is 388 g/mol. The lowest BCUT2D eigenvalue weighted by molar-refractivity contribution is 0.0954. The Morgan fingerprint density at radius 3 is 2.72 bits per heavy atom. The molecule has 1 aliphatic heterocycles. The van der Waals surface area contributed by atoms with Gasteiger partial charge in [0.2, 0.25) is 10.0 Å². The van der Waals surface area contributed by atoms with Gasteiger partial charge in [0.1, 0.15) is 5.75 Å². The highest BCUT2D eigenvalue weighted by Crippen LogP contribution is 2.25. The van der Waals surface area contributed by atoms with E-state index in [9.17, 15) is 13.2 Å². The number of benzene rings is 2. The van der Waals surface area contributed by atoms with Crippen LogP contribution in [0.5, 0.6) is 5.75 Å². The molecule has 1 heterocycles. The van der Waals surface area contributed by atoms with Gasteiger partial charge in [-0.1, -0.05) is 30.7 Å². The van der Waals surface area contributed by atoms with Crippen molar-refractivity contribution in [1.29, 1.82) is 0 Å². The Morgan fingerprint density at radius 1 is 1.17 bits per heavy atom. The lowest BCUT2D eigenvalue weighted by Crippen LogP contribution is -2.42. The number of nitrogens with zero attached hydrogens (tertiary/aromatic N) is 1. The Morgan fingerprint density at radius 2 is 1.97 bits per heavy atom. The van der Waals surface area contributed by atoms with Crippen LogP contribution in [0.3, 0.4) is 0 Å². The third-order valence-electron chi connectivity index (χ3n) is 5.32. The molecule has 29 heavy (non-hydrogen) atoms. The molecule has 1 N–H and O–H groups in total. The number of methoxy groups -OCH3 is 1. The second-order valence-electron chi connectivity index (χ2n) is 7.31. The summed E-state index contributed by atoms with van der Waals surface area (Å²) in [5.74, 6) is 0.495. The van der Waals surface area contributed by atoms with Crippen LogP contribution < -0.4 is 10.1 Å². The number of sulfonamides is 1. The molecule has 0 spiro atoms.